The summed E-state index contributed by atoms with van der Waals surface area (Å²) in [6.45, 7) is -0.764. The van der Waals surface area contributed by atoms with Crippen molar-refractivity contribution >= 4 is 92.7 Å². The highest BCUT2D eigenvalue weighted by molar-refractivity contribution is 7.01. The minimum absolute atomic E-state index is 0.268. The van der Waals surface area contributed by atoms with Gasteiger partial charge < -0.3 is 14.2 Å². The average molecular weight is 539 g/mol. The van der Waals surface area contributed by atoms with E-state index in [-0.39, 0.29) is 15.1 Å². The van der Waals surface area contributed by atoms with Gasteiger partial charge >= 0.3 is 0 Å². The molecule has 0 fully saturated rings. The first-order valence-electron chi connectivity index (χ1n) is 8.82. The summed E-state index contributed by atoms with van der Waals surface area (Å²) >= 11 is 40.1. The molecule has 0 atom stereocenters. The zero-order chi connectivity index (χ0) is 22.9. The molecule has 0 saturated heterocycles. The first-order valence-corrected chi connectivity index (χ1v) is 11.1. The van der Waals surface area contributed by atoms with Crippen molar-refractivity contribution in [2.45, 2.75) is 0 Å². The maximum atomic E-state index is 6.72. The maximum absolute atomic E-state index is 6.72. The molecule has 0 radical (unpaired) electrons. The number of rotatable bonds is 6. The largest absolute Gasteiger partial charge is 0.495 e. The summed E-state index contributed by atoms with van der Waals surface area (Å²) in [5.74, 6) is 1.24. The molecule has 0 aliphatic heterocycles. The first kappa shape index (κ1) is 24.5. The van der Waals surface area contributed by atoms with Crippen LogP contribution in [0.5, 0.6) is 17.2 Å². The monoisotopic (exact) mass is 536 g/mol. The predicted octanol–water partition coefficient (Wildman–Crippen LogP) is 6.15. The third kappa shape index (κ3) is 4.52. The van der Waals surface area contributed by atoms with Crippen LogP contribution in [0.15, 0.2) is 36.4 Å². The summed E-state index contributed by atoms with van der Waals surface area (Å²) in [5.41, 5.74) is 1.41. The van der Waals surface area contributed by atoms with Gasteiger partial charge in [-0.2, -0.15) is 0 Å². The van der Waals surface area contributed by atoms with Crippen molar-refractivity contribution in [1.82, 2.24) is 0 Å². The van der Waals surface area contributed by atoms with Crippen molar-refractivity contribution in [3.8, 4) is 17.2 Å². The van der Waals surface area contributed by atoms with E-state index in [1.54, 1.807) is 36.4 Å². The van der Waals surface area contributed by atoms with Gasteiger partial charge in [-0.05, 0) is 52.8 Å². The Morgan fingerprint density at radius 2 is 0.742 bits per heavy atom. The van der Waals surface area contributed by atoms with Gasteiger partial charge in [-0.15, -0.1) is 0 Å². The second kappa shape index (κ2) is 10.2. The van der Waals surface area contributed by atoms with Gasteiger partial charge in [0.25, 0.3) is 6.71 Å². The number of hydrogen-bond acceptors (Lipinski definition) is 3. The molecule has 3 aromatic carbocycles. The number of methoxy groups -OCH3 is 3. The van der Waals surface area contributed by atoms with Crippen molar-refractivity contribution in [2.75, 3.05) is 21.3 Å². The average Bonchev–Trinajstić information content (AvgIpc) is 2.74. The summed E-state index contributed by atoms with van der Waals surface area (Å²) in [7, 11) is 4.51. The topological polar surface area (TPSA) is 27.7 Å². The lowest BCUT2D eigenvalue weighted by atomic mass is 9.36. The van der Waals surface area contributed by atoms with Crippen molar-refractivity contribution < 1.29 is 14.2 Å². The van der Waals surface area contributed by atoms with Crippen molar-refractivity contribution in [3.05, 3.63) is 66.5 Å². The molecule has 0 saturated carbocycles. The van der Waals surface area contributed by atoms with E-state index in [2.05, 4.69) is 0 Å². The van der Waals surface area contributed by atoms with Gasteiger partial charge in [0.2, 0.25) is 0 Å². The molecule has 3 nitrogen and oxygen atoms in total. The van der Waals surface area contributed by atoms with E-state index < -0.39 is 6.71 Å². The van der Waals surface area contributed by atoms with Crippen LogP contribution in [0.4, 0.5) is 0 Å². The number of ether oxygens (including phenoxy) is 3. The Bertz CT molecular complexity index is 997. The van der Waals surface area contributed by atoms with Gasteiger partial charge in [0, 0.05) is 15.1 Å². The van der Waals surface area contributed by atoms with E-state index in [1.807, 2.05) is 0 Å². The lowest BCUT2D eigenvalue weighted by Crippen LogP contribution is -2.54. The van der Waals surface area contributed by atoms with E-state index in [4.69, 9.17) is 83.8 Å². The normalized spacial score (nSPS) is 10.7. The van der Waals surface area contributed by atoms with E-state index in [0.29, 0.717) is 48.7 Å². The fourth-order valence-electron chi connectivity index (χ4n) is 3.35. The molecular weight excluding hydrogens is 524 g/mol. The van der Waals surface area contributed by atoms with Gasteiger partial charge in [-0.3, -0.25) is 0 Å². The van der Waals surface area contributed by atoms with Crippen LogP contribution in [0, 0.1) is 0 Å². The van der Waals surface area contributed by atoms with E-state index in [0.717, 1.165) is 0 Å². The summed E-state index contributed by atoms with van der Waals surface area (Å²) < 4.78 is 16.2. The molecule has 3 rings (SSSR count). The smallest absolute Gasteiger partial charge is 0.253 e. The molecule has 0 aromatic heterocycles. The number of hydrogen-bond donors (Lipinski definition) is 0. The highest BCUT2D eigenvalue weighted by Crippen LogP contribution is 2.33. The number of benzene rings is 3. The molecule has 0 unspecified atom stereocenters. The predicted molar refractivity (Wildman–Crippen MR) is 134 cm³/mol. The quantitative estimate of drug-likeness (QED) is 0.352. The minimum atomic E-state index is -0.764. The fraction of sp³-hybridized carbons (Fsp3) is 0.143. The van der Waals surface area contributed by atoms with E-state index in [9.17, 15) is 0 Å². The second-order valence-electron chi connectivity index (χ2n) is 6.36. The Hall–Kier alpha value is -1.14. The summed E-state index contributed by atoms with van der Waals surface area (Å²) in [4.78, 5) is 0. The number of halogens is 6. The molecule has 0 N–H and O–H groups in total. The minimum Gasteiger partial charge on any atom is -0.495 e. The second-order valence-corrected chi connectivity index (χ2v) is 8.72. The van der Waals surface area contributed by atoms with Crippen LogP contribution in [-0.4, -0.2) is 28.0 Å². The van der Waals surface area contributed by atoms with Crippen molar-refractivity contribution in [3.63, 3.8) is 0 Å². The molecule has 0 amide bonds. The van der Waals surface area contributed by atoms with Crippen LogP contribution in [0.1, 0.15) is 0 Å². The fourth-order valence-corrected chi connectivity index (χ4v) is 5.35. The van der Waals surface area contributed by atoms with E-state index >= 15 is 0 Å². The molecule has 0 bridgehead atoms. The van der Waals surface area contributed by atoms with Gasteiger partial charge in [-0.25, -0.2) is 0 Å². The molecule has 10 heteroatoms. The van der Waals surface area contributed by atoms with Crippen LogP contribution in [-0.2, 0) is 0 Å². The Morgan fingerprint density at radius 1 is 0.484 bits per heavy atom. The molecule has 0 aliphatic carbocycles. The first-order chi connectivity index (χ1) is 14.8. The Labute approximate surface area is 211 Å². The van der Waals surface area contributed by atoms with Gasteiger partial charge in [0.15, 0.2) is 0 Å². The van der Waals surface area contributed by atoms with E-state index in [1.165, 1.54) is 21.3 Å². The van der Waals surface area contributed by atoms with Crippen molar-refractivity contribution in [2.24, 2.45) is 0 Å². The van der Waals surface area contributed by atoms with Crippen LogP contribution in [0.2, 0.25) is 30.1 Å². The standard InChI is InChI=1S/C21H15BCl6O3/c1-29-13-7-4-10(23)16(19(13)26)22(17-11(24)5-8-14(30-2)20(17)27)18-12(25)6-9-15(31-3)21(18)28/h4-9H,1-3H3. The Morgan fingerprint density at radius 3 is 0.968 bits per heavy atom. The lowest BCUT2D eigenvalue weighted by Gasteiger charge is -2.24. The Balaban J connectivity index is 2.51. The zero-order valence-corrected chi connectivity index (χ0v) is 21.1. The van der Waals surface area contributed by atoms with Crippen molar-refractivity contribution in [1.29, 1.82) is 0 Å². The van der Waals surface area contributed by atoms with Crippen LogP contribution >= 0.6 is 69.6 Å². The molecular formula is C21H15BCl6O3. The van der Waals surface area contributed by atoms with Crippen LogP contribution in [0.25, 0.3) is 0 Å². The molecule has 0 heterocycles. The molecule has 162 valence electrons. The molecule has 0 aliphatic rings. The third-order valence-corrected chi connectivity index (χ3v) is 6.96. The van der Waals surface area contributed by atoms with Crippen LogP contribution < -0.4 is 30.6 Å². The van der Waals surface area contributed by atoms with Gasteiger partial charge in [0.1, 0.15) is 17.2 Å². The zero-order valence-electron chi connectivity index (χ0n) is 16.5. The molecule has 0 spiro atoms. The van der Waals surface area contributed by atoms with Crippen LogP contribution in [0.3, 0.4) is 0 Å². The molecule has 3 aromatic rings. The summed E-state index contributed by atoms with van der Waals surface area (Å²) in [5, 5.41) is 1.85. The molecule has 31 heavy (non-hydrogen) atoms. The van der Waals surface area contributed by atoms with Gasteiger partial charge in [0.05, 0.1) is 36.4 Å². The SMILES string of the molecule is COc1ccc(Cl)c(B(c2c(Cl)ccc(OC)c2Cl)c2c(Cl)ccc(OC)c2Cl)c1Cl. The summed E-state index contributed by atoms with van der Waals surface area (Å²) in [6.07, 6.45) is 0. The Kier molecular flexibility index (Phi) is 8.07. The highest BCUT2D eigenvalue weighted by Gasteiger charge is 2.36. The summed E-state index contributed by atoms with van der Waals surface area (Å²) in [6, 6.07) is 9.98. The maximum Gasteiger partial charge on any atom is 0.253 e. The third-order valence-electron chi connectivity index (χ3n) is 4.80. The lowest BCUT2D eigenvalue weighted by molar-refractivity contribution is 0.415. The van der Waals surface area contributed by atoms with Gasteiger partial charge in [-0.1, -0.05) is 69.6 Å². The highest BCUT2D eigenvalue weighted by atomic mass is 35.5.